The maximum atomic E-state index is 13.0. The van der Waals surface area contributed by atoms with Crippen LogP contribution in [0, 0.1) is 6.92 Å². The molecule has 0 unspecified atom stereocenters. The van der Waals surface area contributed by atoms with E-state index < -0.39 is 6.10 Å². The lowest BCUT2D eigenvalue weighted by molar-refractivity contribution is -0.125. The number of nitrogens with zero attached hydrogens (tertiary/aromatic N) is 1. The molecule has 0 radical (unpaired) electrons. The van der Waals surface area contributed by atoms with Crippen LogP contribution in [0.5, 0.6) is 5.75 Å². The summed E-state index contributed by atoms with van der Waals surface area (Å²) in [6, 6.07) is 16.0. The van der Waals surface area contributed by atoms with Gasteiger partial charge in [0.25, 0.3) is 5.91 Å². The van der Waals surface area contributed by atoms with E-state index in [2.05, 4.69) is 6.07 Å². The minimum atomic E-state index is -0.442. The Kier molecular flexibility index (Phi) is 4.65. The Morgan fingerprint density at radius 2 is 1.91 bits per heavy atom. The van der Waals surface area contributed by atoms with Gasteiger partial charge in [0, 0.05) is 12.2 Å². The summed E-state index contributed by atoms with van der Waals surface area (Å²) in [5.41, 5.74) is 3.34. The number of para-hydroxylation sites is 2. The first-order valence-electron chi connectivity index (χ1n) is 8.32. The van der Waals surface area contributed by atoms with Gasteiger partial charge in [0.2, 0.25) is 0 Å². The Bertz CT molecular complexity index is 696. The molecule has 0 aliphatic carbocycles. The summed E-state index contributed by atoms with van der Waals surface area (Å²) in [5, 5.41) is 0. The fourth-order valence-electron chi connectivity index (χ4n) is 3.09. The monoisotopic (exact) mass is 309 g/mol. The Hall–Kier alpha value is -2.29. The van der Waals surface area contributed by atoms with Crippen molar-refractivity contribution in [3.63, 3.8) is 0 Å². The number of hydrogen-bond donors (Lipinski definition) is 0. The molecular formula is C20H23NO2. The molecule has 0 spiro atoms. The van der Waals surface area contributed by atoms with E-state index in [0.717, 1.165) is 36.4 Å². The van der Waals surface area contributed by atoms with E-state index in [9.17, 15) is 4.79 Å². The Morgan fingerprint density at radius 3 is 2.70 bits per heavy atom. The normalized spacial score (nSPS) is 15.0. The minimum Gasteiger partial charge on any atom is -0.480 e. The fourth-order valence-corrected chi connectivity index (χ4v) is 3.09. The van der Waals surface area contributed by atoms with Gasteiger partial charge in [-0.15, -0.1) is 0 Å². The van der Waals surface area contributed by atoms with Crippen LogP contribution in [0.4, 0.5) is 5.69 Å². The van der Waals surface area contributed by atoms with E-state index in [-0.39, 0.29) is 5.91 Å². The zero-order valence-corrected chi connectivity index (χ0v) is 13.8. The van der Waals surface area contributed by atoms with Crippen molar-refractivity contribution >= 4 is 11.6 Å². The van der Waals surface area contributed by atoms with Gasteiger partial charge < -0.3 is 9.64 Å². The molecule has 2 aromatic carbocycles. The summed E-state index contributed by atoms with van der Waals surface area (Å²) in [6.07, 6.45) is 2.26. The van der Waals surface area contributed by atoms with E-state index >= 15 is 0 Å². The van der Waals surface area contributed by atoms with Gasteiger partial charge in [-0.3, -0.25) is 4.79 Å². The van der Waals surface area contributed by atoms with Gasteiger partial charge in [0.15, 0.2) is 6.10 Å². The number of aryl methyl sites for hydroxylation is 2. The molecule has 1 amide bonds. The smallest absolute Gasteiger partial charge is 0.268 e. The van der Waals surface area contributed by atoms with E-state index in [1.807, 2.05) is 61.2 Å². The summed E-state index contributed by atoms with van der Waals surface area (Å²) >= 11 is 0. The number of fused-ring (bicyclic) bond motifs is 1. The first-order chi connectivity index (χ1) is 11.2. The van der Waals surface area contributed by atoms with Crippen LogP contribution in [0.25, 0.3) is 0 Å². The Balaban J connectivity index is 1.83. The van der Waals surface area contributed by atoms with Crippen molar-refractivity contribution < 1.29 is 9.53 Å². The minimum absolute atomic E-state index is 0.0582. The average Bonchev–Trinajstić information content (AvgIpc) is 2.60. The summed E-state index contributed by atoms with van der Waals surface area (Å²) in [6.45, 7) is 4.77. The average molecular weight is 309 g/mol. The van der Waals surface area contributed by atoms with Crippen LogP contribution >= 0.6 is 0 Å². The molecule has 3 heteroatoms. The molecule has 3 nitrogen and oxygen atoms in total. The zero-order chi connectivity index (χ0) is 16.2. The number of rotatable bonds is 4. The highest BCUT2D eigenvalue weighted by molar-refractivity contribution is 5.97. The summed E-state index contributed by atoms with van der Waals surface area (Å²) in [7, 11) is 0. The summed E-state index contributed by atoms with van der Waals surface area (Å²) in [5.74, 6) is 0.848. The number of amides is 1. The molecule has 120 valence electrons. The van der Waals surface area contributed by atoms with E-state index in [1.165, 1.54) is 5.56 Å². The molecule has 23 heavy (non-hydrogen) atoms. The van der Waals surface area contributed by atoms with Crippen molar-refractivity contribution in [2.75, 3.05) is 11.4 Å². The van der Waals surface area contributed by atoms with Crippen LogP contribution in [0.3, 0.4) is 0 Å². The van der Waals surface area contributed by atoms with Crippen molar-refractivity contribution in [2.45, 2.75) is 39.2 Å². The molecule has 1 aliphatic heterocycles. The highest BCUT2D eigenvalue weighted by Crippen LogP contribution is 2.28. The predicted octanol–water partition coefficient (Wildman–Crippen LogP) is 4.13. The lowest BCUT2D eigenvalue weighted by Gasteiger charge is -2.32. The van der Waals surface area contributed by atoms with Crippen LogP contribution in [0.2, 0.25) is 0 Å². The van der Waals surface area contributed by atoms with Gasteiger partial charge in [0.1, 0.15) is 5.75 Å². The van der Waals surface area contributed by atoms with Crippen LogP contribution in [-0.2, 0) is 11.2 Å². The number of carbonyl (C=O) groups excluding carboxylic acids is 1. The van der Waals surface area contributed by atoms with Gasteiger partial charge in [0.05, 0.1) is 0 Å². The van der Waals surface area contributed by atoms with E-state index in [0.29, 0.717) is 6.42 Å². The maximum absolute atomic E-state index is 13.0. The van der Waals surface area contributed by atoms with Crippen LogP contribution in [0.15, 0.2) is 48.5 Å². The molecule has 0 bridgehead atoms. The van der Waals surface area contributed by atoms with Crippen molar-refractivity contribution in [2.24, 2.45) is 0 Å². The molecule has 0 saturated carbocycles. The molecule has 0 saturated heterocycles. The number of hydrogen-bond acceptors (Lipinski definition) is 2. The third-order valence-corrected chi connectivity index (χ3v) is 4.39. The quantitative estimate of drug-likeness (QED) is 0.850. The second-order valence-corrected chi connectivity index (χ2v) is 6.00. The number of ether oxygens (including phenoxy) is 1. The van der Waals surface area contributed by atoms with E-state index in [1.54, 1.807) is 0 Å². The zero-order valence-electron chi connectivity index (χ0n) is 13.8. The van der Waals surface area contributed by atoms with Crippen molar-refractivity contribution in [1.82, 2.24) is 0 Å². The van der Waals surface area contributed by atoms with Gasteiger partial charge in [-0.05, 0) is 49.4 Å². The van der Waals surface area contributed by atoms with Crippen LogP contribution in [-0.4, -0.2) is 18.6 Å². The molecule has 1 atom stereocenters. The molecule has 1 heterocycles. The van der Waals surface area contributed by atoms with Crippen LogP contribution in [0.1, 0.15) is 30.9 Å². The maximum Gasteiger partial charge on any atom is 0.268 e. The molecule has 1 aliphatic rings. The first kappa shape index (κ1) is 15.6. The second-order valence-electron chi connectivity index (χ2n) is 6.00. The van der Waals surface area contributed by atoms with Crippen molar-refractivity contribution in [3.8, 4) is 5.75 Å². The first-order valence-corrected chi connectivity index (χ1v) is 8.32. The lowest BCUT2D eigenvalue weighted by Crippen LogP contribution is -2.44. The Morgan fingerprint density at radius 1 is 1.17 bits per heavy atom. The van der Waals surface area contributed by atoms with Gasteiger partial charge in [-0.2, -0.15) is 0 Å². The van der Waals surface area contributed by atoms with E-state index in [4.69, 9.17) is 4.74 Å². The highest BCUT2D eigenvalue weighted by atomic mass is 16.5. The van der Waals surface area contributed by atoms with Crippen molar-refractivity contribution in [3.05, 3.63) is 59.7 Å². The van der Waals surface area contributed by atoms with Gasteiger partial charge >= 0.3 is 0 Å². The van der Waals surface area contributed by atoms with Gasteiger partial charge in [-0.25, -0.2) is 0 Å². The SMILES string of the molecule is CC[C@H](Oc1ccccc1C)C(=O)N1CCCc2ccccc21. The third kappa shape index (κ3) is 3.24. The largest absolute Gasteiger partial charge is 0.480 e. The third-order valence-electron chi connectivity index (χ3n) is 4.39. The lowest BCUT2D eigenvalue weighted by atomic mass is 10.0. The highest BCUT2D eigenvalue weighted by Gasteiger charge is 2.29. The summed E-state index contributed by atoms with van der Waals surface area (Å²) < 4.78 is 6.03. The van der Waals surface area contributed by atoms with Crippen LogP contribution < -0.4 is 9.64 Å². The second kappa shape index (κ2) is 6.86. The molecule has 0 fully saturated rings. The molecular weight excluding hydrogens is 286 g/mol. The Labute approximate surface area is 137 Å². The number of anilines is 1. The molecule has 2 aromatic rings. The number of benzene rings is 2. The predicted molar refractivity (Wildman–Crippen MR) is 93.0 cm³/mol. The van der Waals surface area contributed by atoms with Crippen molar-refractivity contribution in [1.29, 1.82) is 0 Å². The summed E-state index contributed by atoms with van der Waals surface area (Å²) in [4.78, 5) is 14.9. The molecule has 0 aromatic heterocycles. The number of carbonyl (C=O) groups is 1. The standard InChI is InChI=1S/C20H23NO2/c1-3-18(23-19-13-7-4-9-15(19)2)20(22)21-14-8-11-16-10-5-6-12-17(16)21/h4-7,9-10,12-13,18H,3,8,11,14H2,1-2H3/t18-/m0/s1. The fraction of sp³-hybridized carbons (Fsp3) is 0.350. The molecule has 3 rings (SSSR count). The van der Waals surface area contributed by atoms with Gasteiger partial charge in [-0.1, -0.05) is 43.3 Å². The molecule has 0 N–H and O–H groups in total. The topological polar surface area (TPSA) is 29.5 Å².